The zero-order chi connectivity index (χ0) is 23.0. The van der Waals surface area contributed by atoms with E-state index in [0.717, 1.165) is 39.1 Å². The van der Waals surface area contributed by atoms with Crippen molar-refractivity contribution >= 4 is 46.1 Å². The van der Waals surface area contributed by atoms with Crippen LogP contribution in [0.15, 0.2) is 95.0 Å². The van der Waals surface area contributed by atoms with E-state index >= 15 is 0 Å². The summed E-state index contributed by atoms with van der Waals surface area (Å²) in [5, 5.41) is 20.4. The molecule has 0 aliphatic rings. The fraction of sp³-hybridized carbons (Fsp3) is 0.0400. The molecule has 0 spiro atoms. The molecule has 4 rings (SSSR count). The van der Waals surface area contributed by atoms with Gasteiger partial charge in [-0.15, -0.1) is 11.3 Å². The molecule has 8 heteroatoms. The summed E-state index contributed by atoms with van der Waals surface area (Å²) in [6, 6.07) is 21.4. The molecule has 0 saturated carbocycles. The van der Waals surface area contributed by atoms with Crippen molar-refractivity contribution in [3.63, 3.8) is 0 Å². The van der Waals surface area contributed by atoms with Crippen molar-refractivity contribution in [2.75, 3.05) is 5.32 Å². The maximum Gasteiger partial charge on any atom is 0.187 e. The highest BCUT2D eigenvalue weighted by Crippen LogP contribution is 2.28. The molecule has 0 atom stereocenters. The molecule has 4 N–H and O–H groups in total. The third-order valence-electron chi connectivity index (χ3n) is 4.95. The monoisotopic (exact) mass is 471 g/mol. The van der Waals surface area contributed by atoms with Gasteiger partial charge in [0, 0.05) is 40.2 Å². The van der Waals surface area contributed by atoms with Gasteiger partial charge in [-0.3, -0.25) is 20.3 Å². The molecule has 0 saturated heterocycles. The molecule has 2 aromatic carbocycles. The maximum atomic E-state index is 11.1. The Balaban J connectivity index is 1.85. The van der Waals surface area contributed by atoms with Gasteiger partial charge in [-0.25, -0.2) is 4.98 Å². The minimum atomic E-state index is 0.367. The van der Waals surface area contributed by atoms with Crippen LogP contribution in [0.1, 0.15) is 27.2 Å². The zero-order valence-corrected chi connectivity index (χ0v) is 19.2. The number of hydrogen-bond donors (Lipinski definition) is 3. The van der Waals surface area contributed by atoms with E-state index in [9.17, 15) is 4.79 Å². The lowest BCUT2D eigenvalue weighted by molar-refractivity contribution is 0.111. The van der Waals surface area contributed by atoms with Gasteiger partial charge in [0.05, 0.1) is 11.4 Å². The Bertz CT molecular complexity index is 1270. The normalized spacial score (nSPS) is 11.5. The smallest absolute Gasteiger partial charge is 0.187 e. The van der Waals surface area contributed by atoms with E-state index in [2.05, 4.69) is 15.3 Å². The van der Waals surface area contributed by atoms with Gasteiger partial charge in [-0.2, -0.15) is 0 Å². The molecule has 0 bridgehead atoms. The lowest BCUT2D eigenvalue weighted by atomic mass is 9.92. The minimum Gasteiger partial charge on any atom is -0.331 e. The summed E-state index contributed by atoms with van der Waals surface area (Å²) in [5.74, 6) is 0. The minimum absolute atomic E-state index is 0.367. The van der Waals surface area contributed by atoms with Crippen LogP contribution >= 0.6 is 23.3 Å². The topological polar surface area (TPSA) is 105 Å². The molecule has 2 aromatic heterocycles. The number of anilines is 1. The van der Waals surface area contributed by atoms with Gasteiger partial charge in [-0.1, -0.05) is 42.5 Å². The molecule has 0 aliphatic carbocycles. The first kappa shape index (κ1) is 22.6. The zero-order valence-electron chi connectivity index (χ0n) is 17.6. The summed E-state index contributed by atoms with van der Waals surface area (Å²) < 4.78 is 0. The summed E-state index contributed by atoms with van der Waals surface area (Å²) in [6.07, 6.45) is 4.67. The number of carbonyl (C=O) groups excluding carboxylic acids is 1. The van der Waals surface area contributed by atoms with E-state index < -0.39 is 0 Å². The van der Waals surface area contributed by atoms with Crippen LogP contribution in [0, 0.1) is 5.41 Å². The van der Waals surface area contributed by atoms with Gasteiger partial charge in [0.2, 0.25) is 0 Å². The van der Waals surface area contributed by atoms with Gasteiger partial charge in [0.15, 0.2) is 11.4 Å². The van der Waals surface area contributed by atoms with Gasteiger partial charge in [0.1, 0.15) is 5.69 Å². The quantitative estimate of drug-likeness (QED) is 0.170. The molecule has 2 heterocycles. The number of hydrogen-bond acceptors (Lipinski definition) is 8. The molecule has 6 nitrogen and oxygen atoms in total. The predicted octanol–water partition coefficient (Wildman–Crippen LogP) is 5.45. The van der Waals surface area contributed by atoms with Crippen LogP contribution in [-0.4, -0.2) is 22.0 Å². The third kappa shape index (κ3) is 5.61. The van der Waals surface area contributed by atoms with Crippen molar-refractivity contribution in [1.82, 2.24) is 9.97 Å². The van der Waals surface area contributed by atoms with E-state index in [0.29, 0.717) is 23.0 Å². The number of aromatic nitrogens is 2. The average molecular weight is 472 g/mol. The Morgan fingerprint density at radius 2 is 1.76 bits per heavy atom. The molecule has 0 unspecified atom stereocenters. The fourth-order valence-corrected chi connectivity index (χ4v) is 4.27. The van der Waals surface area contributed by atoms with Crippen LogP contribution in [0.3, 0.4) is 0 Å². The average Bonchev–Trinajstić information content (AvgIpc) is 3.35. The molecule has 33 heavy (non-hydrogen) atoms. The summed E-state index contributed by atoms with van der Waals surface area (Å²) in [6.45, 7) is 0. The predicted molar refractivity (Wildman–Crippen MR) is 136 cm³/mol. The van der Waals surface area contributed by atoms with Crippen LogP contribution in [0.2, 0.25) is 0 Å². The lowest BCUT2D eigenvalue weighted by Crippen LogP contribution is -2.14. The number of pyridine rings is 1. The first-order valence-electron chi connectivity index (χ1n) is 10.1. The number of thiazole rings is 1. The summed E-state index contributed by atoms with van der Waals surface area (Å²) in [7, 11) is 0. The second-order valence-electron chi connectivity index (χ2n) is 7.09. The first-order chi connectivity index (χ1) is 16.2. The lowest BCUT2D eigenvalue weighted by Gasteiger charge is -2.18. The molecule has 0 aliphatic heterocycles. The van der Waals surface area contributed by atoms with E-state index in [1.807, 2.05) is 66.7 Å². The van der Waals surface area contributed by atoms with Crippen molar-refractivity contribution in [3.8, 4) is 0 Å². The Hall–Kier alpha value is -3.59. The molecule has 4 aromatic rings. The Kier molecular flexibility index (Phi) is 7.41. The third-order valence-corrected chi connectivity index (χ3v) is 6.27. The standard InChI is InChI=1S/C25H21N5OS2/c26-23(18-4-2-1-3-5-18)22(14-17-6-8-21(33-27)9-7-17)24(19-10-12-28-13-11-19)30-25-29-20(15-31)16-32-25/h1-13,15-16,26H,14,27H2,(H,29,30)/b24-22-,26-23?. The van der Waals surface area contributed by atoms with Crippen LogP contribution in [-0.2, 0) is 6.42 Å². The first-order valence-corrected chi connectivity index (χ1v) is 11.8. The van der Waals surface area contributed by atoms with E-state index in [1.165, 1.54) is 23.3 Å². The summed E-state index contributed by atoms with van der Waals surface area (Å²) in [5.41, 5.74) is 5.04. The van der Waals surface area contributed by atoms with Crippen LogP contribution < -0.4 is 10.5 Å². The van der Waals surface area contributed by atoms with Crippen LogP contribution in [0.25, 0.3) is 5.70 Å². The van der Waals surface area contributed by atoms with Crippen molar-refractivity contribution < 1.29 is 4.79 Å². The molecule has 0 fully saturated rings. The van der Waals surface area contributed by atoms with Gasteiger partial charge in [-0.05, 0) is 47.3 Å². The van der Waals surface area contributed by atoms with Crippen LogP contribution in [0.5, 0.6) is 0 Å². The molecular formula is C25H21N5OS2. The van der Waals surface area contributed by atoms with Crippen molar-refractivity contribution in [1.29, 1.82) is 5.41 Å². The van der Waals surface area contributed by atoms with Gasteiger partial charge < -0.3 is 5.32 Å². The van der Waals surface area contributed by atoms with Crippen molar-refractivity contribution in [2.24, 2.45) is 5.14 Å². The number of nitrogens with zero attached hydrogens (tertiary/aromatic N) is 2. The van der Waals surface area contributed by atoms with E-state index in [-0.39, 0.29) is 0 Å². The highest BCUT2D eigenvalue weighted by atomic mass is 32.2. The maximum absolute atomic E-state index is 11.1. The van der Waals surface area contributed by atoms with E-state index in [1.54, 1.807) is 17.8 Å². The number of nitrogens with one attached hydrogen (secondary N) is 2. The van der Waals surface area contributed by atoms with Crippen molar-refractivity contribution in [3.05, 3.63) is 112 Å². The summed E-state index contributed by atoms with van der Waals surface area (Å²) in [4.78, 5) is 20.6. The number of nitrogens with two attached hydrogens (primary N) is 1. The van der Waals surface area contributed by atoms with Gasteiger partial charge in [0.25, 0.3) is 0 Å². The SMILES string of the molecule is N=C(/C(Cc1ccc(SN)cc1)=C(\Nc1nc(C=O)cs1)c1ccncc1)c1ccccc1. The summed E-state index contributed by atoms with van der Waals surface area (Å²) >= 11 is 2.54. The molecule has 0 radical (unpaired) electrons. The van der Waals surface area contributed by atoms with E-state index in [4.69, 9.17) is 10.5 Å². The molecular weight excluding hydrogens is 450 g/mol. The number of aldehydes is 1. The van der Waals surface area contributed by atoms with Gasteiger partial charge >= 0.3 is 0 Å². The number of carbonyl (C=O) groups is 1. The van der Waals surface area contributed by atoms with Crippen molar-refractivity contribution in [2.45, 2.75) is 11.3 Å². The fourth-order valence-electron chi connectivity index (χ4n) is 3.32. The largest absolute Gasteiger partial charge is 0.331 e. The second-order valence-corrected chi connectivity index (χ2v) is 8.65. The number of allylic oxidation sites excluding steroid dienone is 1. The number of benzene rings is 2. The Labute approximate surface area is 200 Å². The number of rotatable bonds is 9. The Morgan fingerprint density at radius 3 is 2.39 bits per heavy atom. The highest BCUT2D eigenvalue weighted by Gasteiger charge is 2.18. The highest BCUT2D eigenvalue weighted by molar-refractivity contribution is 7.97. The Morgan fingerprint density at radius 1 is 1.03 bits per heavy atom. The molecule has 0 amide bonds. The van der Waals surface area contributed by atoms with Crippen LogP contribution in [0.4, 0.5) is 5.13 Å². The second kappa shape index (κ2) is 10.8. The molecule has 164 valence electrons.